The maximum Gasteiger partial charge on any atom is 0.0547 e. The highest BCUT2D eigenvalue weighted by Crippen LogP contribution is 2.26. The van der Waals surface area contributed by atoms with Crippen molar-refractivity contribution in [2.24, 2.45) is 5.41 Å². The Hall–Kier alpha value is -0.930. The molecule has 1 aromatic heterocycles. The van der Waals surface area contributed by atoms with Crippen molar-refractivity contribution in [1.82, 2.24) is 9.88 Å². The fourth-order valence-corrected chi connectivity index (χ4v) is 2.34. The maximum absolute atomic E-state index is 9.59. The molecular weight excluding hydrogens is 224 g/mol. The van der Waals surface area contributed by atoms with Crippen molar-refractivity contribution in [2.75, 3.05) is 20.2 Å². The number of pyridine rings is 1. The van der Waals surface area contributed by atoms with E-state index in [9.17, 15) is 5.11 Å². The van der Waals surface area contributed by atoms with Crippen molar-refractivity contribution in [3.8, 4) is 0 Å². The normalized spacial score (nSPS) is 12.1. The summed E-state index contributed by atoms with van der Waals surface area (Å²) in [7, 11) is 2.10. The second-order valence-electron chi connectivity index (χ2n) is 5.31. The molecule has 18 heavy (non-hydrogen) atoms. The Morgan fingerprint density at radius 3 is 2.44 bits per heavy atom. The van der Waals surface area contributed by atoms with E-state index in [1.54, 1.807) is 0 Å². The second kappa shape index (κ2) is 6.86. The van der Waals surface area contributed by atoms with Crippen molar-refractivity contribution < 1.29 is 5.11 Å². The number of rotatable bonds is 7. The van der Waals surface area contributed by atoms with Gasteiger partial charge in [0.2, 0.25) is 0 Å². The van der Waals surface area contributed by atoms with E-state index >= 15 is 0 Å². The van der Waals surface area contributed by atoms with Gasteiger partial charge in [0.1, 0.15) is 0 Å². The van der Waals surface area contributed by atoms with Gasteiger partial charge in [-0.05, 0) is 38.9 Å². The highest BCUT2D eigenvalue weighted by Gasteiger charge is 2.26. The zero-order valence-electron chi connectivity index (χ0n) is 12.1. The highest BCUT2D eigenvalue weighted by molar-refractivity contribution is 5.09. The van der Waals surface area contributed by atoms with E-state index < -0.39 is 0 Å². The SMILES string of the molecule is CCC(CC)(CO)CN(C)Cc1cccc(C)n1. The fourth-order valence-electron chi connectivity index (χ4n) is 2.34. The maximum atomic E-state index is 9.59. The Labute approximate surface area is 111 Å². The first-order chi connectivity index (χ1) is 8.55. The van der Waals surface area contributed by atoms with Gasteiger partial charge in [-0.15, -0.1) is 0 Å². The van der Waals surface area contributed by atoms with Crippen LogP contribution in [0.4, 0.5) is 0 Å². The monoisotopic (exact) mass is 250 g/mol. The molecule has 0 aromatic carbocycles. The number of aliphatic hydroxyl groups excluding tert-OH is 1. The molecule has 1 heterocycles. The predicted molar refractivity (Wildman–Crippen MR) is 75.4 cm³/mol. The van der Waals surface area contributed by atoms with E-state index in [2.05, 4.69) is 36.8 Å². The van der Waals surface area contributed by atoms with Crippen molar-refractivity contribution in [2.45, 2.75) is 40.2 Å². The molecular formula is C15H26N2O. The summed E-state index contributed by atoms with van der Waals surface area (Å²) in [5.41, 5.74) is 2.18. The Bertz CT molecular complexity index is 353. The van der Waals surface area contributed by atoms with Gasteiger partial charge in [0.25, 0.3) is 0 Å². The van der Waals surface area contributed by atoms with Gasteiger partial charge in [0, 0.05) is 30.8 Å². The fraction of sp³-hybridized carbons (Fsp3) is 0.667. The van der Waals surface area contributed by atoms with E-state index in [-0.39, 0.29) is 12.0 Å². The molecule has 1 N–H and O–H groups in total. The van der Waals surface area contributed by atoms with Crippen LogP contribution in [-0.2, 0) is 6.54 Å². The Morgan fingerprint density at radius 2 is 1.94 bits per heavy atom. The van der Waals surface area contributed by atoms with Gasteiger partial charge in [0.15, 0.2) is 0 Å². The minimum atomic E-state index is 0.0264. The second-order valence-corrected chi connectivity index (χ2v) is 5.31. The van der Waals surface area contributed by atoms with Crippen LogP contribution in [0.15, 0.2) is 18.2 Å². The van der Waals surface area contributed by atoms with Crippen molar-refractivity contribution in [3.63, 3.8) is 0 Å². The summed E-state index contributed by atoms with van der Waals surface area (Å²) in [6.45, 7) is 8.32. The Morgan fingerprint density at radius 1 is 1.28 bits per heavy atom. The number of aryl methyl sites for hydroxylation is 1. The summed E-state index contributed by atoms with van der Waals surface area (Å²) < 4.78 is 0. The molecule has 1 aromatic rings. The van der Waals surface area contributed by atoms with Crippen LogP contribution in [0, 0.1) is 12.3 Å². The average molecular weight is 250 g/mol. The van der Waals surface area contributed by atoms with Gasteiger partial charge in [-0.1, -0.05) is 19.9 Å². The lowest BCUT2D eigenvalue weighted by atomic mass is 9.83. The molecule has 0 saturated carbocycles. The van der Waals surface area contributed by atoms with E-state index in [0.29, 0.717) is 0 Å². The third kappa shape index (κ3) is 4.07. The Balaban J connectivity index is 2.63. The van der Waals surface area contributed by atoms with Gasteiger partial charge in [-0.25, -0.2) is 0 Å². The number of hydrogen-bond donors (Lipinski definition) is 1. The van der Waals surface area contributed by atoms with Crippen LogP contribution in [-0.4, -0.2) is 35.2 Å². The first-order valence-electron chi connectivity index (χ1n) is 6.77. The molecule has 3 nitrogen and oxygen atoms in total. The molecule has 102 valence electrons. The number of nitrogens with zero attached hydrogens (tertiary/aromatic N) is 2. The van der Waals surface area contributed by atoms with Gasteiger partial charge in [-0.2, -0.15) is 0 Å². The predicted octanol–water partition coefficient (Wildman–Crippen LogP) is 2.62. The zero-order valence-corrected chi connectivity index (χ0v) is 12.1. The standard InChI is InChI=1S/C15H26N2O/c1-5-15(6-2,12-18)11-17(4)10-14-9-7-8-13(3)16-14/h7-9,18H,5-6,10-12H2,1-4H3. The minimum Gasteiger partial charge on any atom is -0.396 e. The number of aliphatic hydroxyl groups is 1. The molecule has 0 bridgehead atoms. The summed E-state index contributed by atoms with van der Waals surface area (Å²) in [6.07, 6.45) is 2.01. The summed E-state index contributed by atoms with van der Waals surface area (Å²) in [6, 6.07) is 6.12. The van der Waals surface area contributed by atoms with Gasteiger partial charge in [-0.3, -0.25) is 9.88 Å². The molecule has 0 aliphatic heterocycles. The molecule has 0 amide bonds. The molecule has 0 aliphatic rings. The lowest BCUT2D eigenvalue weighted by Crippen LogP contribution is -2.37. The summed E-state index contributed by atoms with van der Waals surface area (Å²) in [5.74, 6) is 0. The van der Waals surface area contributed by atoms with E-state index in [1.807, 2.05) is 19.1 Å². The molecule has 0 radical (unpaired) electrons. The Kier molecular flexibility index (Phi) is 5.76. The summed E-state index contributed by atoms with van der Waals surface area (Å²) in [5, 5.41) is 9.59. The van der Waals surface area contributed by atoms with Gasteiger partial charge >= 0.3 is 0 Å². The minimum absolute atomic E-state index is 0.0264. The molecule has 3 heteroatoms. The van der Waals surface area contributed by atoms with Crippen LogP contribution in [0.2, 0.25) is 0 Å². The highest BCUT2D eigenvalue weighted by atomic mass is 16.3. The summed E-state index contributed by atoms with van der Waals surface area (Å²) in [4.78, 5) is 6.77. The third-order valence-electron chi connectivity index (χ3n) is 3.82. The molecule has 0 atom stereocenters. The molecule has 0 spiro atoms. The molecule has 0 fully saturated rings. The van der Waals surface area contributed by atoms with Crippen LogP contribution < -0.4 is 0 Å². The first-order valence-corrected chi connectivity index (χ1v) is 6.77. The van der Waals surface area contributed by atoms with E-state index in [0.717, 1.165) is 37.3 Å². The number of hydrogen-bond acceptors (Lipinski definition) is 3. The molecule has 1 rings (SSSR count). The van der Waals surface area contributed by atoms with E-state index in [4.69, 9.17) is 0 Å². The summed E-state index contributed by atoms with van der Waals surface area (Å²) >= 11 is 0. The third-order valence-corrected chi connectivity index (χ3v) is 3.82. The lowest BCUT2D eigenvalue weighted by Gasteiger charge is -2.33. The average Bonchev–Trinajstić information content (AvgIpc) is 2.36. The number of aromatic nitrogens is 1. The van der Waals surface area contributed by atoms with E-state index in [1.165, 1.54) is 0 Å². The van der Waals surface area contributed by atoms with Gasteiger partial charge < -0.3 is 5.11 Å². The van der Waals surface area contributed by atoms with Crippen LogP contribution in [0.1, 0.15) is 38.1 Å². The molecule has 0 saturated heterocycles. The largest absolute Gasteiger partial charge is 0.396 e. The van der Waals surface area contributed by atoms with Crippen molar-refractivity contribution in [1.29, 1.82) is 0 Å². The molecule has 0 unspecified atom stereocenters. The lowest BCUT2D eigenvalue weighted by molar-refractivity contribution is 0.0726. The quantitative estimate of drug-likeness (QED) is 0.808. The van der Waals surface area contributed by atoms with Crippen LogP contribution in [0.25, 0.3) is 0 Å². The smallest absolute Gasteiger partial charge is 0.0547 e. The zero-order chi connectivity index (χ0) is 13.6. The first kappa shape index (κ1) is 15.1. The van der Waals surface area contributed by atoms with Crippen LogP contribution >= 0.6 is 0 Å². The van der Waals surface area contributed by atoms with Gasteiger partial charge in [0.05, 0.1) is 5.69 Å². The molecule has 0 aliphatic carbocycles. The van der Waals surface area contributed by atoms with Crippen LogP contribution in [0.3, 0.4) is 0 Å². The van der Waals surface area contributed by atoms with Crippen molar-refractivity contribution in [3.05, 3.63) is 29.6 Å². The van der Waals surface area contributed by atoms with Crippen molar-refractivity contribution >= 4 is 0 Å². The topological polar surface area (TPSA) is 36.4 Å². The van der Waals surface area contributed by atoms with Crippen LogP contribution in [0.5, 0.6) is 0 Å².